The van der Waals surface area contributed by atoms with Crippen LogP contribution in [0.3, 0.4) is 0 Å². The van der Waals surface area contributed by atoms with Crippen molar-refractivity contribution in [3.63, 3.8) is 0 Å². The van der Waals surface area contributed by atoms with Crippen molar-refractivity contribution in [3.05, 3.63) is 107 Å². The summed E-state index contributed by atoms with van der Waals surface area (Å²) in [6.45, 7) is 0.506. The highest BCUT2D eigenvalue weighted by Crippen LogP contribution is 2.28. The molecule has 0 saturated heterocycles. The van der Waals surface area contributed by atoms with E-state index in [1.54, 1.807) is 47.3 Å². The quantitative estimate of drug-likeness (QED) is 0.200. The molecule has 0 aliphatic rings. The van der Waals surface area contributed by atoms with E-state index in [9.17, 15) is 19.8 Å². The van der Waals surface area contributed by atoms with E-state index in [0.29, 0.717) is 23.4 Å². The normalized spacial score (nSPS) is 11.4. The van der Waals surface area contributed by atoms with Crippen LogP contribution in [0.15, 0.2) is 85.1 Å². The number of aromatic hydroxyl groups is 2. The average molecular weight is 540 g/mol. The first-order chi connectivity index (χ1) is 19.4. The number of hydrogen-bond donors (Lipinski definition) is 2. The fourth-order valence-electron chi connectivity index (χ4n) is 4.02. The van der Waals surface area contributed by atoms with Crippen molar-refractivity contribution in [2.24, 2.45) is 5.92 Å². The second kappa shape index (κ2) is 13.1. The number of rotatable bonds is 12. The van der Waals surface area contributed by atoms with Gasteiger partial charge in [0, 0.05) is 12.6 Å². The lowest BCUT2D eigenvalue weighted by Gasteiger charge is -2.09. The third kappa shape index (κ3) is 7.22. The van der Waals surface area contributed by atoms with Gasteiger partial charge in [-0.1, -0.05) is 59.8 Å². The van der Waals surface area contributed by atoms with Crippen molar-refractivity contribution in [2.75, 3.05) is 14.2 Å². The summed E-state index contributed by atoms with van der Waals surface area (Å²) in [6, 6.07) is 19.1. The van der Waals surface area contributed by atoms with Gasteiger partial charge in [0.2, 0.25) is 0 Å². The monoisotopic (exact) mass is 539 g/mol. The number of phenols is 2. The van der Waals surface area contributed by atoms with Gasteiger partial charge in [0.05, 0.1) is 32.4 Å². The first-order valence-corrected chi connectivity index (χ1v) is 12.5. The molecule has 9 nitrogen and oxygen atoms in total. The standard InChI is InChI=1S/C31H29N3O6/c1-39-30-16-21(10-14-28(30)37)8-12-26(35)25(27(36)13-9-22-11-15-29(38)31(17-22)40-2)18-24-20-34(33-32-24)19-23-6-4-3-5-7-23/h3-17,20,25,37-38H,18-19H2,1-2H3/b12-8+,13-9+. The predicted octanol–water partition coefficient (Wildman–Crippen LogP) is 4.48. The van der Waals surface area contributed by atoms with Crippen molar-refractivity contribution in [2.45, 2.75) is 13.0 Å². The molecule has 2 N–H and O–H groups in total. The van der Waals surface area contributed by atoms with Crippen LogP contribution in [-0.4, -0.2) is 51.0 Å². The molecule has 0 unspecified atom stereocenters. The number of carbonyl (C=O) groups excluding carboxylic acids is 2. The number of nitrogens with zero attached hydrogens (tertiary/aromatic N) is 3. The minimum absolute atomic E-state index is 0.0198. The molecule has 0 amide bonds. The van der Waals surface area contributed by atoms with E-state index in [0.717, 1.165) is 5.56 Å². The first-order valence-electron chi connectivity index (χ1n) is 12.5. The third-order valence-electron chi connectivity index (χ3n) is 6.16. The summed E-state index contributed by atoms with van der Waals surface area (Å²) in [4.78, 5) is 26.6. The van der Waals surface area contributed by atoms with Gasteiger partial charge in [0.15, 0.2) is 34.6 Å². The zero-order valence-corrected chi connectivity index (χ0v) is 22.1. The Bertz CT molecular complexity index is 1470. The number of allylic oxidation sites excluding steroid dienone is 2. The molecule has 4 rings (SSSR count). The molecule has 0 aliphatic carbocycles. The molecule has 9 heteroatoms. The number of ketones is 2. The van der Waals surface area contributed by atoms with Gasteiger partial charge in [0.1, 0.15) is 0 Å². The highest BCUT2D eigenvalue weighted by molar-refractivity contribution is 6.13. The molecule has 0 atom stereocenters. The summed E-state index contributed by atoms with van der Waals surface area (Å²) >= 11 is 0. The SMILES string of the molecule is COc1cc(/C=C/C(=O)C(Cc2cn(Cc3ccccc3)nn2)C(=O)/C=C/c2ccc(O)c(OC)c2)ccc1O. The van der Waals surface area contributed by atoms with Gasteiger partial charge < -0.3 is 19.7 Å². The molecule has 4 aromatic rings. The lowest BCUT2D eigenvalue weighted by Crippen LogP contribution is -2.23. The lowest BCUT2D eigenvalue weighted by molar-refractivity contribution is -0.127. The minimum Gasteiger partial charge on any atom is -0.504 e. The molecule has 0 radical (unpaired) electrons. The number of aromatic nitrogens is 3. The largest absolute Gasteiger partial charge is 0.504 e. The van der Waals surface area contributed by atoms with Crippen LogP contribution >= 0.6 is 0 Å². The van der Waals surface area contributed by atoms with E-state index in [2.05, 4.69) is 10.3 Å². The second-order valence-corrected chi connectivity index (χ2v) is 8.98. The molecule has 0 saturated carbocycles. The Morgan fingerprint density at radius 3 is 1.93 bits per heavy atom. The maximum absolute atomic E-state index is 13.3. The first kappa shape index (κ1) is 27.8. The van der Waals surface area contributed by atoms with Crippen molar-refractivity contribution >= 4 is 23.7 Å². The van der Waals surface area contributed by atoms with Gasteiger partial charge in [-0.2, -0.15) is 0 Å². The molecule has 3 aromatic carbocycles. The summed E-state index contributed by atoms with van der Waals surface area (Å²) in [5.74, 6) is -1.38. The summed E-state index contributed by atoms with van der Waals surface area (Å²) in [7, 11) is 2.87. The fraction of sp³-hybridized carbons (Fsp3) is 0.161. The van der Waals surface area contributed by atoms with E-state index in [1.165, 1.54) is 38.5 Å². The number of carbonyl (C=O) groups is 2. The van der Waals surface area contributed by atoms with E-state index in [1.807, 2.05) is 30.3 Å². The molecule has 1 heterocycles. The van der Waals surface area contributed by atoms with Crippen molar-refractivity contribution in [1.29, 1.82) is 0 Å². The Labute approximate surface area is 231 Å². The maximum atomic E-state index is 13.3. The fourth-order valence-corrected chi connectivity index (χ4v) is 4.02. The highest BCUT2D eigenvalue weighted by Gasteiger charge is 2.25. The number of methoxy groups -OCH3 is 2. The number of hydrogen-bond acceptors (Lipinski definition) is 8. The predicted molar refractivity (Wildman–Crippen MR) is 150 cm³/mol. The number of phenolic OH excluding ortho intramolecular Hbond substituents is 2. The van der Waals surface area contributed by atoms with Gasteiger partial charge in [-0.15, -0.1) is 5.10 Å². The zero-order chi connectivity index (χ0) is 28.5. The average Bonchev–Trinajstić information content (AvgIpc) is 3.41. The van der Waals surface area contributed by atoms with Crippen LogP contribution in [0.25, 0.3) is 12.2 Å². The molecular formula is C31H29N3O6. The zero-order valence-electron chi connectivity index (χ0n) is 22.1. The summed E-state index contributed by atoms with van der Waals surface area (Å²) in [5.41, 5.74) is 2.79. The Hall–Kier alpha value is -5.18. The molecule has 204 valence electrons. The Morgan fingerprint density at radius 2 is 1.40 bits per heavy atom. The molecule has 0 fully saturated rings. The summed E-state index contributed by atoms with van der Waals surface area (Å²) in [5, 5.41) is 28.0. The third-order valence-corrected chi connectivity index (χ3v) is 6.16. The van der Waals surface area contributed by atoms with Crippen LogP contribution < -0.4 is 9.47 Å². The van der Waals surface area contributed by atoms with Crippen molar-refractivity contribution in [1.82, 2.24) is 15.0 Å². The summed E-state index contributed by atoms with van der Waals surface area (Å²) in [6.07, 6.45) is 7.57. The van der Waals surface area contributed by atoms with Crippen LogP contribution in [0.2, 0.25) is 0 Å². The summed E-state index contributed by atoms with van der Waals surface area (Å²) < 4.78 is 11.9. The smallest absolute Gasteiger partial charge is 0.166 e. The Balaban J connectivity index is 1.56. The van der Waals surface area contributed by atoms with Crippen molar-refractivity contribution in [3.8, 4) is 23.0 Å². The molecular weight excluding hydrogens is 510 g/mol. The van der Waals surface area contributed by atoms with E-state index in [-0.39, 0.29) is 29.4 Å². The van der Waals surface area contributed by atoms with Gasteiger partial charge in [-0.25, -0.2) is 4.68 Å². The molecule has 1 aromatic heterocycles. The van der Waals surface area contributed by atoms with Crippen LogP contribution in [0.4, 0.5) is 0 Å². The van der Waals surface area contributed by atoms with E-state index in [4.69, 9.17) is 9.47 Å². The molecule has 0 bridgehead atoms. The molecule has 40 heavy (non-hydrogen) atoms. The van der Waals surface area contributed by atoms with Crippen LogP contribution in [-0.2, 0) is 22.6 Å². The molecule has 0 aliphatic heterocycles. The maximum Gasteiger partial charge on any atom is 0.166 e. The Kier molecular flexibility index (Phi) is 9.09. The molecule has 0 spiro atoms. The van der Waals surface area contributed by atoms with Gasteiger partial charge >= 0.3 is 0 Å². The van der Waals surface area contributed by atoms with Crippen molar-refractivity contribution < 1.29 is 29.3 Å². The van der Waals surface area contributed by atoms with Crippen LogP contribution in [0.1, 0.15) is 22.4 Å². The van der Waals surface area contributed by atoms with Gasteiger partial charge in [-0.05, 0) is 53.1 Å². The van der Waals surface area contributed by atoms with Gasteiger partial charge in [-0.3, -0.25) is 9.59 Å². The number of ether oxygens (including phenoxy) is 2. The van der Waals surface area contributed by atoms with E-state index >= 15 is 0 Å². The highest BCUT2D eigenvalue weighted by atomic mass is 16.5. The van der Waals surface area contributed by atoms with Gasteiger partial charge in [0.25, 0.3) is 0 Å². The number of benzene rings is 3. The Morgan fingerprint density at radius 1 is 0.850 bits per heavy atom. The lowest BCUT2D eigenvalue weighted by atomic mass is 9.92. The second-order valence-electron chi connectivity index (χ2n) is 8.98. The van der Waals surface area contributed by atoms with E-state index < -0.39 is 17.5 Å². The van der Waals surface area contributed by atoms with Crippen LogP contribution in [0, 0.1) is 5.92 Å². The topological polar surface area (TPSA) is 124 Å². The minimum atomic E-state index is -1.05. The van der Waals surface area contributed by atoms with Crippen LogP contribution in [0.5, 0.6) is 23.0 Å².